The van der Waals surface area contributed by atoms with Crippen LogP contribution in [0.4, 0.5) is 13.2 Å². The maximum Gasteiger partial charge on any atom is 0.471 e. The summed E-state index contributed by atoms with van der Waals surface area (Å²) < 4.78 is 58.3. The lowest BCUT2D eigenvalue weighted by Gasteiger charge is -2.43. The van der Waals surface area contributed by atoms with E-state index in [4.69, 9.17) is 14.2 Å². The number of carbonyl (C=O) groups excluding carboxylic acids is 3. The summed E-state index contributed by atoms with van der Waals surface area (Å²) in [6.45, 7) is 8.90. The van der Waals surface area contributed by atoms with Gasteiger partial charge in [-0.1, -0.05) is 73.7 Å². The van der Waals surface area contributed by atoms with Gasteiger partial charge >= 0.3 is 18.1 Å². The number of carbonyl (C=O) groups is 3. The minimum atomic E-state index is -5.03. The second-order valence-electron chi connectivity index (χ2n) is 15.7. The van der Waals surface area contributed by atoms with E-state index in [1.54, 1.807) is 0 Å². The van der Waals surface area contributed by atoms with Gasteiger partial charge in [-0.3, -0.25) is 19.3 Å². The summed E-state index contributed by atoms with van der Waals surface area (Å²) in [7, 11) is 0. The summed E-state index contributed by atoms with van der Waals surface area (Å²) in [4.78, 5) is 40.6. The molecular weight excluding hydrogens is 715 g/mol. The van der Waals surface area contributed by atoms with E-state index in [2.05, 4.69) is 17.1 Å². The Kier molecular flexibility index (Phi) is 12.3. The highest BCUT2D eigenvalue weighted by Gasteiger charge is 2.48. The van der Waals surface area contributed by atoms with Crippen LogP contribution in [0, 0.1) is 5.92 Å². The van der Waals surface area contributed by atoms with Crippen LogP contribution in [0.5, 0.6) is 0 Å². The molecule has 3 aromatic carbocycles. The highest BCUT2D eigenvalue weighted by molar-refractivity contribution is 5.90. The standard InChI is InChI=1S/C42H50F3N3O7/c1-26-35(24-47-20-6-11-34(47)38(51)55-41(2,3)4)53-39(54-36(26)30-14-12-27(25-49)13-15-30)31-18-16-29(17-19-31)32-9-5-8-28(22-32)23-46-37(50)33-10-7-21-48(33)40(52)42(43,44)45/h5,8-9,12-19,22,26,33-36,39,49H,6-7,10-11,20-21,23-25H2,1-4H3,(H,46,50). The number of aliphatic hydroxyl groups excluding tert-OH is 1. The first-order valence-corrected chi connectivity index (χ1v) is 18.9. The van der Waals surface area contributed by atoms with Gasteiger partial charge in [0.25, 0.3) is 0 Å². The number of hydrogen-bond donors (Lipinski definition) is 2. The molecule has 0 radical (unpaired) electrons. The summed E-state index contributed by atoms with van der Waals surface area (Å²) in [6.07, 6.45) is -4.23. The van der Waals surface area contributed by atoms with E-state index in [9.17, 15) is 32.7 Å². The molecule has 0 aliphatic carbocycles. The van der Waals surface area contributed by atoms with E-state index >= 15 is 0 Å². The second kappa shape index (κ2) is 16.8. The van der Waals surface area contributed by atoms with Gasteiger partial charge in [-0.25, -0.2) is 0 Å². The molecule has 55 heavy (non-hydrogen) atoms. The third kappa shape index (κ3) is 9.75. The first-order valence-electron chi connectivity index (χ1n) is 18.9. The van der Waals surface area contributed by atoms with Crippen molar-refractivity contribution in [3.05, 3.63) is 95.1 Å². The van der Waals surface area contributed by atoms with Crippen LogP contribution in [0.25, 0.3) is 11.1 Å². The molecule has 0 spiro atoms. The van der Waals surface area contributed by atoms with Gasteiger partial charge in [-0.2, -0.15) is 13.2 Å². The third-order valence-corrected chi connectivity index (χ3v) is 10.5. The molecular formula is C42H50F3N3O7. The smallest absolute Gasteiger partial charge is 0.459 e. The van der Waals surface area contributed by atoms with Gasteiger partial charge in [0.05, 0.1) is 18.8 Å². The number of likely N-dealkylation sites (tertiary alicyclic amines) is 2. The van der Waals surface area contributed by atoms with Crippen LogP contribution in [-0.2, 0) is 41.7 Å². The van der Waals surface area contributed by atoms with Crippen molar-refractivity contribution in [2.45, 2.75) is 109 Å². The second-order valence-corrected chi connectivity index (χ2v) is 15.7. The monoisotopic (exact) mass is 765 g/mol. The number of amides is 2. The van der Waals surface area contributed by atoms with Crippen LogP contribution in [0.3, 0.4) is 0 Å². The van der Waals surface area contributed by atoms with Crippen molar-refractivity contribution >= 4 is 17.8 Å². The molecule has 2 N–H and O–H groups in total. The fraction of sp³-hybridized carbons (Fsp3) is 0.500. The van der Waals surface area contributed by atoms with Gasteiger partial charge in [0.1, 0.15) is 17.7 Å². The fourth-order valence-corrected chi connectivity index (χ4v) is 7.69. The molecule has 6 unspecified atom stereocenters. The van der Waals surface area contributed by atoms with Gasteiger partial charge < -0.3 is 29.5 Å². The number of ether oxygens (including phenoxy) is 3. The van der Waals surface area contributed by atoms with Gasteiger partial charge in [0.2, 0.25) is 5.91 Å². The van der Waals surface area contributed by atoms with E-state index in [1.165, 1.54) is 0 Å². The minimum Gasteiger partial charge on any atom is -0.459 e. The summed E-state index contributed by atoms with van der Waals surface area (Å²) in [6, 6.07) is 21.5. The van der Waals surface area contributed by atoms with Crippen molar-refractivity contribution in [2.75, 3.05) is 19.6 Å². The predicted molar refractivity (Wildman–Crippen MR) is 198 cm³/mol. The molecule has 3 aliphatic heterocycles. The van der Waals surface area contributed by atoms with E-state index < -0.39 is 35.9 Å². The third-order valence-electron chi connectivity index (χ3n) is 10.5. The largest absolute Gasteiger partial charge is 0.471 e. The van der Waals surface area contributed by atoms with E-state index in [1.807, 2.05) is 93.6 Å². The Morgan fingerprint density at radius 1 is 0.855 bits per heavy atom. The molecule has 3 aliphatic rings. The number of alkyl halides is 3. The van der Waals surface area contributed by atoms with E-state index in [0.717, 1.165) is 52.8 Å². The molecule has 13 heteroatoms. The van der Waals surface area contributed by atoms with E-state index in [-0.39, 0.29) is 56.3 Å². The molecule has 10 nitrogen and oxygen atoms in total. The summed E-state index contributed by atoms with van der Waals surface area (Å²) in [5.74, 6) is -2.90. The molecule has 6 rings (SSSR count). The Hall–Kier alpha value is -4.30. The Morgan fingerprint density at radius 3 is 2.20 bits per heavy atom. The van der Waals surface area contributed by atoms with Crippen molar-refractivity contribution in [3.8, 4) is 11.1 Å². The molecule has 296 valence electrons. The molecule has 2 amide bonds. The van der Waals surface area contributed by atoms with Crippen LogP contribution < -0.4 is 5.32 Å². The topological polar surface area (TPSA) is 118 Å². The highest BCUT2D eigenvalue weighted by Crippen LogP contribution is 2.43. The fourth-order valence-electron chi connectivity index (χ4n) is 7.69. The zero-order valence-corrected chi connectivity index (χ0v) is 31.7. The van der Waals surface area contributed by atoms with Gasteiger partial charge in [-0.05, 0) is 86.9 Å². The number of esters is 1. The SMILES string of the molecule is CC1C(CN2CCCC2C(=O)OC(C)(C)C)OC(c2ccc(-c3cccc(CNC(=O)C4CCCN4C(=O)C(F)(F)F)c3)cc2)OC1c1ccc(CO)cc1. The minimum absolute atomic E-state index is 0.0621. The predicted octanol–water partition coefficient (Wildman–Crippen LogP) is 6.61. The number of aliphatic hydroxyl groups is 1. The summed E-state index contributed by atoms with van der Waals surface area (Å²) in [5, 5.41) is 12.3. The number of halogens is 3. The average Bonchev–Trinajstić information content (AvgIpc) is 3.84. The van der Waals surface area contributed by atoms with Gasteiger partial charge in [-0.15, -0.1) is 0 Å². The maximum absolute atomic E-state index is 13.2. The van der Waals surface area contributed by atoms with Crippen LogP contribution in [0.2, 0.25) is 0 Å². The van der Waals surface area contributed by atoms with Crippen LogP contribution in [-0.4, -0.2) is 82.3 Å². The average molecular weight is 766 g/mol. The lowest BCUT2D eigenvalue weighted by molar-refractivity contribution is -0.276. The van der Waals surface area contributed by atoms with Crippen LogP contribution in [0.1, 0.15) is 88.0 Å². The molecule has 3 heterocycles. The Balaban J connectivity index is 1.16. The zero-order chi connectivity index (χ0) is 39.5. The number of rotatable bonds is 10. The quantitative estimate of drug-likeness (QED) is 0.222. The van der Waals surface area contributed by atoms with Crippen LogP contribution >= 0.6 is 0 Å². The van der Waals surface area contributed by atoms with E-state index in [0.29, 0.717) is 17.9 Å². The number of nitrogens with zero attached hydrogens (tertiary/aromatic N) is 2. The van der Waals surface area contributed by atoms with Crippen molar-refractivity contribution in [2.24, 2.45) is 5.92 Å². The number of benzene rings is 3. The number of nitrogens with one attached hydrogen (secondary N) is 1. The van der Waals surface area contributed by atoms with Crippen molar-refractivity contribution in [1.29, 1.82) is 0 Å². The van der Waals surface area contributed by atoms with Crippen LogP contribution in [0.15, 0.2) is 72.8 Å². The Morgan fingerprint density at radius 2 is 1.53 bits per heavy atom. The lowest BCUT2D eigenvalue weighted by Crippen LogP contribution is -2.50. The molecule has 3 saturated heterocycles. The van der Waals surface area contributed by atoms with Crippen molar-refractivity contribution < 1.29 is 46.9 Å². The molecule has 0 saturated carbocycles. The molecule has 3 aromatic rings. The van der Waals surface area contributed by atoms with Crippen molar-refractivity contribution in [1.82, 2.24) is 15.1 Å². The van der Waals surface area contributed by atoms with Gasteiger partial charge in [0, 0.05) is 31.1 Å². The molecule has 3 fully saturated rings. The lowest BCUT2D eigenvalue weighted by atomic mass is 9.89. The highest BCUT2D eigenvalue weighted by atomic mass is 19.4. The normalized spacial score (nSPS) is 24.8. The summed E-state index contributed by atoms with van der Waals surface area (Å²) >= 11 is 0. The first kappa shape index (κ1) is 40.4. The Labute approximate surface area is 319 Å². The first-order chi connectivity index (χ1) is 26.1. The zero-order valence-electron chi connectivity index (χ0n) is 31.7. The Bertz CT molecular complexity index is 1810. The van der Waals surface area contributed by atoms with Crippen molar-refractivity contribution in [3.63, 3.8) is 0 Å². The molecule has 6 atom stereocenters. The van der Waals surface area contributed by atoms with Gasteiger partial charge in [0.15, 0.2) is 6.29 Å². The maximum atomic E-state index is 13.2. The summed E-state index contributed by atoms with van der Waals surface area (Å²) in [5.41, 5.74) is 4.49. The molecule has 0 bridgehead atoms. The number of hydrogen-bond acceptors (Lipinski definition) is 8. The molecule has 0 aromatic heterocycles.